The molecule has 8 nitrogen and oxygen atoms in total. The van der Waals surface area contributed by atoms with E-state index in [9.17, 15) is 14.4 Å². The largest absolute Gasteiger partial charge is 0.495 e. The number of rotatable bonds is 7. The predicted molar refractivity (Wildman–Crippen MR) is 136 cm³/mol. The van der Waals surface area contributed by atoms with Crippen molar-refractivity contribution in [2.24, 2.45) is 0 Å². The summed E-state index contributed by atoms with van der Waals surface area (Å²) in [6.45, 7) is 1.12. The number of ether oxygens (including phenoxy) is 1. The molecule has 0 radical (unpaired) electrons. The van der Waals surface area contributed by atoms with E-state index in [2.05, 4.69) is 10.3 Å². The Morgan fingerprint density at radius 2 is 1.71 bits per heavy atom. The van der Waals surface area contributed by atoms with E-state index in [1.165, 1.54) is 23.5 Å². The van der Waals surface area contributed by atoms with Crippen molar-refractivity contribution in [3.8, 4) is 5.75 Å². The number of amides is 2. The van der Waals surface area contributed by atoms with E-state index in [0.717, 1.165) is 0 Å². The van der Waals surface area contributed by atoms with Gasteiger partial charge >= 0.3 is 0 Å². The van der Waals surface area contributed by atoms with Gasteiger partial charge in [0.1, 0.15) is 12.3 Å². The van der Waals surface area contributed by atoms with Crippen LogP contribution < -0.4 is 20.5 Å². The number of carbonyl (C=O) groups is 2. The van der Waals surface area contributed by atoms with Crippen LogP contribution in [0.3, 0.4) is 0 Å². The van der Waals surface area contributed by atoms with Crippen molar-refractivity contribution in [3.05, 3.63) is 93.7 Å². The summed E-state index contributed by atoms with van der Waals surface area (Å²) in [5.41, 5.74) is 1.52. The van der Waals surface area contributed by atoms with Gasteiger partial charge in [0, 0.05) is 11.9 Å². The number of halogens is 1. The number of anilines is 2. The fourth-order valence-corrected chi connectivity index (χ4v) is 3.92. The Bertz CT molecular complexity index is 1470. The standard InChI is InChI=1S/C26H23ClN4O4/c1-17(32)30(15-18-9-3-4-10-19(18)27)25-26(34)31(22-13-7-5-11-20(22)29-25)16-24(33)28-21-12-6-8-14-23(21)35-2/h3-14H,15-16H2,1-2H3,(H,28,33). The lowest BCUT2D eigenvalue weighted by molar-refractivity contribution is -0.117. The number of hydrogen-bond acceptors (Lipinski definition) is 5. The second-order valence-electron chi connectivity index (χ2n) is 7.76. The minimum absolute atomic E-state index is 0.0585. The van der Waals surface area contributed by atoms with Crippen molar-refractivity contribution in [1.29, 1.82) is 0 Å². The summed E-state index contributed by atoms with van der Waals surface area (Å²) in [6.07, 6.45) is 0. The topological polar surface area (TPSA) is 93.5 Å². The molecule has 0 fully saturated rings. The van der Waals surface area contributed by atoms with Crippen molar-refractivity contribution in [2.45, 2.75) is 20.0 Å². The highest BCUT2D eigenvalue weighted by atomic mass is 35.5. The Balaban J connectivity index is 1.75. The van der Waals surface area contributed by atoms with E-state index in [0.29, 0.717) is 33.1 Å². The molecule has 9 heteroatoms. The number of fused-ring (bicyclic) bond motifs is 1. The van der Waals surface area contributed by atoms with Gasteiger partial charge in [-0.15, -0.1) is 0 Å². The number of hydrogen-bond donors (Lipinski definition) is 1. The fraction of sp³-hybridized carbons (Fsp3) is 0.154. The minimum Gasteiger partial charge on any atom is -0.495 e. The molecule has 1 aromatic heterocycles. The lowest BCUT2D eigenvalue weighted by Crippen LogP contribution is -2.38. The van der Waals surface area contributed by atoms with Gasteiger partial charge in [0.15, 0.2) is 0 Å². The van der Waals surface area contributed by atoms with Crippen molar-refractivity contribution < 1.29 is 14.3 Å². The van der Waals surface area contributed by atoms with Gasteiger partial charge in [-0.3, -0.25) is 23.9 Å². The lowest BCUT2D eigenvalue weighted by Gasteiger charge is -2.22. The van der Waals surface area contributed by atoms with E-state index in [-0.39, 0.29) is 24.8 Å². The molecule has 178 valence electrons. The number of nitrogens with zero attached hydrogens (tertiary/aromatic N) is 3. The second-order valence-corrected chi connectivity index (χ2v) is 8.17. The minimum atomic E-state index is -0.568. The number of para-hydroxylation sites is 4. The molecule has 0 saturated heterocycles. The molecule has 2 amide bonds. The molecule has 0 saturated carbocycles. The summed E-state index contributed by atoms with van der Waals surface area (Å²) in [5.74, 6) is -0.397. The first-order valence-corrected chi connectivity index (χ1v) is 11.2. The maximum absolute atomic E-state index is 13.6. The summed E-state index contributed by atoms with van der Waals surface area (Å²) in [5, 5.41) is 3.25. The first kappa shape index (κ1) is 24.0. The van der Waals surface area contributed by atoms with E-state index in [4.69, 9.17) is 16.3 Å². The third-order valence-corrected chi connectivity index (χ3v) is 5.81. The van der Waals surface area contributed by atoms with Gasteiger partial charge in [-0.05, 0) is 35.9 Å². The van der Waals surface area contributed by atoms with E-state index < -0.39 is 11.5 Å². The first-order chi connectivity index (χ1) is 16.9. The maximum atomic E-state index is 13.6. The third kappa shape index (κ3) is 5.17. The highest BCUT2D eigenvalue weighted by Crippen LogP contribution is 2.24. The highest BCUT2D eigenvalue weighted by Gasteiger charge is 2.22. The molecule has 3 aromatic carbocycles. The fourth-order valence-electron chi connectivity index (χ4n) is 3.73. The number of benzene rings is 3. The van der Waals surface area contributed by atoms with Crippen molar-refractivity contribution >= 4 is 46.0 Å². The van der Waals surface area contributed by atoms with Crippen LogP contribution in [-0.2, 0) is 22.7 Å². The average Bonchev–Trinajstić information content (AvgIpc) is 2.85. The summed E-state index contributed by atoms with van der Waals surface area (Å²) < 4.78 is 6.60. The van der Waals surface area contributed by atoms with Gasteiger partial charge in [0.2, 0.25) is 17.6 Å². The molecule has 35 heavy (non-hydrogen) atoms. The molecule has 0 aliphatic carbocycles. The zero-order valence-electron chi connectivity index (χ0n) is 19.2. The second kappa shape index (κ2) is 10.4. The Hall–Kier alpha value is -4.17. The molecule has 0 bridgehead atoms. The van der Waals surface area contributed by atoms with Gasteiger partial charge in [-0.25, -0.2) is 4.98 Å². The van der Waals surface area contributed by atoms with Crippen LogP contribution in [0.2, 0.25) is 5.02 Å². The Morgan fingerprint density at radius 3 is 2.46 bits per heavy atom. The van der Waals surface area contributed by atoms with E-state index >= 15 is 0 Å². The molecule has 4 rings (SSSR count). The third-order valence-electron chi connectivity index (χ3n) is 5.44. The van der Waals surface area contributed by atoms with Gasteiger partial charge in [0.05, 0.1) is 30.4 Å². The molecule has 0 atom stereocenters. The van der Waals surface area contributed by atoms with Crippen LogP contribution >= 0.6 is 11.6 Å². The molecule has 0 unspecified atom stereocenters. The average molecular weight is 491 g/mol. The molecule has 0 spiro atoms. The molecular weight excluding hydrogens is 468 g/mol. The summed E-state index contributed by atoms with van der Waals surface area (Å²) in [4.78, 5) is 44.9. The Kier molecular flexibility index (Phi) is 7.12. The molecule has 0 aliphatic heterocycles. The molecule has 4 aromatic rings. The van der Waals surface area contributed by atoms with Gasteiger partial charge < -0.3 is 10.1 Å². The zero-order chi connectivity index (χ0) is 24.9. The van der Waals surface area contributed by atoms with Gasteiger partial charge in [-0.2, -0.15) is 0 Å². The van der Waals surface area contributed by atoms with Crippen LogP contribution in [0.5, 0.6) is 5.75 Å². The molecule has 1 N–H and O–H groups in total. The van der Waals surface area contributed by atoms with E-state index in [1.54, 1.807) is 72.8 Å². The Labute approximate surface area is 206 Å². The SMILES string of the molecule is COc1ccccc1NC(=O)Cn1c(=O)c(N(Cc2ccccc2Cl)C(C)=O)nc2ccccc21. The van der Waals surface area contributed by atoms with E-state index in [1.807, 2.05) is 0 Å². The van der Waals surface area contributed by atoms with Crippen LogP contribution in [0.4, 0.5) is 11.5 Å². The number of methoxy groups -OCH3 is 1. The quantitative estimate of drug-likeness (QED) is 0.418. The molecule has 1 heterocycles. The van der Waals surface area contributed by atoms with Crippen LogP contribution in [0.25, 0.3) is 11.0 Å². The number of aromatic nitrogens is 2. The number of nitrogens with one attached hydrogen (secondary N) is 1. The summed E-state index contributed by atoms with van der Waals surface area (Å²) >= 11 is 6.29. The molecular formula is C26H23ClN4O4. The zero-order valence-corrected chi connectivity index (χ0v) is 20.0. The monoisotopic (exact) mass is 490 g/mol. The van der Waals surface area contributed by atoms with Crippen molar-refractivity contribution in [2.75, 3.05) is 17.3 Å². The number of carbonyl (C=O) groups excluding carboxylic acids is 2. The molecule has 0 aliphatic rings. The Morgan fingerprint density at radius 1 is 1.03 bits per heavy atom. The van der Waals surface area contributed by atoms with Gasteiger partial charge in [-0.1, -0.05) is 54.1 Å². The predicted octanol–water partition coefficient (Wildman–Crippen LogP) is 4.25. The summed E-state index contributed by atoms with van der Waals surface area (Å²) in [7, 11) is 1.51. The highest BCUT2D eigenvalue weighted by molar-refractivity contribution is 6.31. The van der Waals surface area contributed by atoms with Crippen LogP contribution in [0.15, 0.2) is 77.6 Å². The van der Waals surface area contributed by atoms with Gasteiger partial charge in [0.25, 0.3) is 5.56 Å². The van der Waals surface area contributed by atoms with Crippen LogP contribution in [0.1, 0.15) is 12.5 Å². The van der Waals surface area contributed by atoms with Crippen molar-refractivity contribution in [1.82, 2.24) is 9.55 Å². The smallest absolute Gasteiger partial charge is 0.294 e. The first-order valence-electron chi connectivity index (χ1n) is 10.8. The maximum Gasteiger partial charge on any atom is 0.294 e. The van der Waals surface area contributed by atoms with Crippen molar-refractivity contribution in [3.63, 3.8) is 0 Å². The normalized spacial score (nSPS) is 10.7. The lowest BCUT2D eigenvalue weighted by atomic mass is 10.2. The summed E-state index contributed by atoms with van der Waals surface area (Å²) in [6, 6.07) is 21.0. The van der Waals surface area contributed by atoms with Crippen LogP contribution in [0, 0.1) is 0 Å². The van der Waals surface area contributed by atoms with Crippen LogP contribution in [-0.4, -0.2) is 28.5 Å².